The molecule has 3 heteroatoms. The number of unbranched alkanes of at least 4 members (excludes halogenated alkanes) is 8. The van der Waals surface area contributed by atoms with Crippen LogP contribution in [0.1, 0.15) is 130 Å². The van der Waals surface area contributed by atoms with Crippen LogP contribution in [0.25, 0.3) is 0 Å². The standard InChI is InChI=1S/C27H56O3/c1-5-9-13-15-19-25(17-11-7-3)21-29-23-27(28)24-30-22-26(18-12-8-4)20-16-14-10-6-2/h25-28H,5-24H2,1-4H3. The third-order valence-corrected chi connectivity index (χ3v) is 6.19. The van der Waals surface area contributed by atoms with Crippen LogP contribution in [0.15, 0.2) is 0 Å². The van der Waals surface area contributed by atoms with Crippen LogP contribution in [-0.4, -0.2) is 37.6 Å². The predicted molar refractivity (Wildman–Crippen MR) is 131 cm³/mol. The van der Waals surface area contributed by atoms with Crippen molar-refractivity contribution in [2.45, 2.75) is 137 Å². The number of ether oxygens (including phenoxy) is 2. The molecular formula is C27H56O3. The van der Waals surface area contributed by atoms with Crippen LogP contribution >= 0.6 is 0 Å². The van der Waals surface area contributed by atoms with Crippen LogP contribution in [0.4, 0.5) is 0 Å². The summed E-state index contributed by atoms with van der Waals surface area (Å²) in [4.78, 5) is 0. The fourth-order valence-electron chi connectivity index (χ4n) is 4.12. The topological polar surface area (TPSA) is 38.7 Å². The molecule has 0 radical (unpaired) electrons. The fourth-order valence-corrected chi connectivity index (χ4v) is 4.12. The molecule has 2 atom stereocenters. The molecule has 0 rings (SSSR count). The van der Waals surface area contributed by atoms with Gasteiger partial charge in [-0.1, -0.05) is 105 Å². The van der Waals surface area contributed by atoms with Crippen molar-refractivity contribution in [3.63, 3.8) is 0 Å². The smallest absolute Gasteiger partial charge is 0.101 e. The van der Waals surface area contributed by atoms with Gasteiger partial charge in [-0.3, -0.25) is 0 Å². The summed E-state index contributed by atoms with van der Waals surface area (Å²) in [6.45, 7) is 11.4. The Balaban J connectivity index is 4.00. The zero-order valence-electron chi connectivity index (χ0n) is 21.1. The highest BCUT2D eigenvalue weighted by molar-refractivity contribution is 4.63. The summed E-state index contributed by atoms with van der Waals surface area (Å²) in [5.41, 5.74) is 0. The highest BCUT2D eigenvalue weighted by atomic mass is 16.5. The van der Waals surface area contributed by atoms with E-state index in [9.17, 15) is 5.11 Å². The van der Waals surface area contributed by atoms with Crippen LogP contribution in [-0.2, 0) is 9.47 Å². The number of aliphatic hydroxyl groups excluding tert-OH is 1. The predicted octanol–water partition coefficient (Wildman–Crippen LogP) is 7.93. The maximum Gasteiger partial charge on any atom is 0.101 e. The first-order valence-corrected chi connectivity index (χ1v) is 13.5. The highest BCUT2D eigenvalue weighted by Gasteiger charge is 2.13. The average molecular weight is 429 g/mol. The van der Waals surface area contributed by atoms with Crippen molar-refractivity contribution in [2.24, 2.45) is 11.8 Å². The molecule has 0 aromatic rings. The average Bonchev–Trinajstić information content (AvgIpc) is 2.75. The highest BCUT2D eigenvalue weighted by Crippen LogP contribution is 2.19. The Morgan fingerprint density at radius 3 is 1.20 bits per heavy atom. The van der Waals surface area contributed by atoms with Crippen molar-refractivity contribution in [1.82, 2.24) is 0 Å². The minimum atomic E-state index is -0.496. The Labute approximate surface area is 189 Å². The molecule has 0 bridgehead atoms. The summed E-state index contributed by atoms with van der Waals surface area (Å²) in [6.07, 6.45) is 20.2. The van der Waals surface area contributed by atoms with Crippen LogP contribution in [0, 0.1) is 11.8 Å². The normalized spacial score (nSPS) is 14.7. The number of aliphatic hydroxyl groups is 1. The molecule has 1 N–H and O–H groups in total. The monoisotopic (exact) mass is 428 g/mol. The Hall–Kier alpha value is -0.120. The van der Waals surface area contributed by atoms with E-state index in [1.54, 1.807) is 0 Å². The van der Waals surface area contributed by atoms with Gasteiger partial charge in [-0.2, -0.15) is 0 Å². The van der Waals surface area contributed by atoms with Gasteiger partial charge in [0.05, 0.1) is 13.2 Å². The zero-order chi connectivity index (χ0) is 22.3. The second-order valence-electron chi connectivity index (χ2n) is 9.44. The van der Waals surface area contributed by atoms with Gasteiger partial charge in [0.25, 0.3) is 0 Å². The molecule has 0 aromatic heterocycles. The van der Waals surface area contributed by atoms with Gasteiger partial charge in [-0.25, -0.2) is 0 Å². The van der Waals surface area contributed by atoms with E-state index in [2.05, 4.69) is 27.7 Å². The van der Waals surface area contributed by atoms with Gasteiger partial charge in [0, 0.05) is 13.2 Å². The van der Waals surface area contributed by atoms with E-state index in [0.29, 0.717) is 25.0 Å². The summed E-state index contributed by atoms with van der Waals surface area (Å²) in [7, 11) is 0. The van der Waals surface area contributed by atoms with Crippen LogP contribution < -0.4 is 0 Å². The van der Waals surface area contributed by atoms with Gasteiger partial charge in [0.2, 0.25) is 0 Å². The molecular weight excluding hydrogens is 372 g/mol. The Morgan fingerprint density at radius 1 is 0.467 bits per heavy atom. The Kier molecular flexibility index (Phi) is 23.4. The molecule has 0 heterocycles. The van der Waals surface area contributed by atoms with Gasteiger partial charge >= 0.3 is 0 Å². The lowest BCUT2D eigenvalue weighted by molar-refractivity contribution is -0.0349. The van der Waals surface area contributed by atoms with Crippen LogP contribution in [0.2, 0.25) is 0 Å². The SMILES string of the molecule is CCCCCCC(CCCC)COCC(O)COCC(CCCC)CCCCCC. The molecule has 0 aliphatic heterocycles. The van der Waals surface area contributed by atoms with E-state index in [4.69, 9.17) is 9.47 Å². The summed E-state index contributed by atoms with van der Waals surface area (Å²) < 4.78 is 11.8. The van der Waals surface area contributed by atoms with E-state index >= 15 is 0 Å². The lowest BCUT2D eigenvalue weighted by atomic mass is 9.96. The van der Waals surface area contributed by atoms with Crippen molar-refractivity contribution < 1.29 is 14.6 Å². The summed E-state index contributed by atoms with van der Waals surface area (Å²) in [5.74, 6) is 1.30. The minimum absolute atomic E-state index is 0.410. The molecule has 0 amide bonds. The van der Waals surface area contributed by atoms with Crippen LogP contribution in [0.5, 0.6) is 0 Å². The van der Waals surface area contributed by atoms with E-state index in [0.717, 1.165) is 13.2 Å². The van der Waals surface area contributed by atoms with Gasteiger partial charge in [0.1, 0.15) is 6.10 Å². The van der Waals surface area contributed by atoms with Gasteiger partial charge in [0.15, 0.2) is 0 Å². The Bertz CT molecular complexity index is 291. The number of hydrogen-bond donors (Lipinski definition) is 1. The van der Waals surface area contributed by atoms with E-state index in [1.807, 2.05) is 0 Å². The molecule has 3 nitrogen and oxygen atoms in total. The maximum atomic E-state index is 10.3. The minimum Gasteiger partial charge on any atom is -0.388 e. The van der Waals surface area contributed by atoms with Crippen molar-refractivity contribution in [1.29, 1.82) is 0 Å². The molecule has 0 saturated carbocycles. The van der Waals surface area contributed by atoms with Crippen molar-refractivity contribution >= 4 is 0 Å². The van der Waals surface area contributed by atoms with E-state index in [1.165, 1.54) is 103 Å². The van der Waals surface area contributed by atoms with Crippen LogP contribution in [0.3, 0.4) is 0 Å². The molecule has 0 saturated heterocycles. The summed E-state index contributed by atoms with van der Waals surface area (Å²) in [5, 5.41) is 10.3. The fraction of sp³-hybridized carbons (Fsp3) is 1.00. The third kappa shape index (κ3) is 19.8. The first kappa shape index (κ1) is 29.9. The van der Waals surface area contributed by atoms with Crippen molar-refractivity contribution in [3.8, 4) is 0 Å². The van der Waals surface area contributed by atoms with Gasteiger partial charge < -0.3 is 14.6 Å². The lowest BCUT2D eigenvalue weighted by Gasteiger charge is -2.20. The van der Waals surface area contributed by atoms with Gasteiger partial charge in [-0.05, 0) is 37.5 Å². The first-order valence-electron chi connectivity index (χ1n) is 13.5. The Morgan fingerprint density at radius 2 is 0.833 bits per heavy atom. The largest absolute Gasteiger partial charge is 0.388 e. The van der Waals surface area contributed by atoms with E-state index < -0.39 is 6.10 Å². The zero-order valence-corrected chi connectivity index (χ0v) is 21.1. The molecule has 0 spiro atoms. The van der Waals surface area contributed by atoms with Gasteiger partial charge in [-0.15, -0.1) is 0 Å². The molecule has 2 unspecified atom stereocenters. The summed E-state index contributed by atoms with van der Waals surface area (Å²) in [6, 6.07) is 0. The quantitative estimate of drug-likeness (QED) is 0.159. The summed E-state index contributed by atoms with van der Waals surface area (Å²) >= 11 is 0. The van der Waals surface area contributed by atoms with Crippen molar-refractivity contribution in [3.05, 3.63) is 0 Å². The maximum absolute atomic E-state index is 10.3. The van der Waals surface area contributed by atoms with E-state index in [-0.39, 0.29) is 0 Å². The molecule has 0 aliphatic rings. The second kappa shape index (κ2) is 23.5. The molecule has 0 aromatic carbocycles. The number of hydrogen-bond acceptors (Lipinski definition) is 3. The molecule has 30 heavy (non-hydrogen) atoms. The first-order chi connectivity index (χ1) is 14.7. The number of rotatable bonds is 24. The second-order valence-corrected chi connectivity index (χ2v) is 9.44. The molecule has 182 valence electrons. The molecule has 0 aliphatic carbocycles. The lowest BCUT2D eigenvalue weighted by Crippen LogP contribution is -2.25. The third-order valence-electron chi connectivity index (χ3n) is 6.19. The molecule has 0 fully saturated rings. The van der Waals surface area contributed by atoms with Crippen molar-refractivity contribution in [2.75, 3.05) is 26.4 Å².